The number of hydrogen-bond donors (Lipinski definition) is 1. The van der Waals surface area contributed by atoms with Gasteiger partial charge in [0.2, 0.25) is 0 Å². The molecule has 110 valence electrons. The van der Waals surface area contributed by atoms with Gasteiger partial charge in [0.1, 0.15) is 10.8 Å². The zero-order chi connectivity index (χ0) is 15.4. The predicted octanol–water partition coefficient (Wildman–Crippen LogP) is 3.85. The lowest BCUT2D eigenvalue weighted by Gasteiger charge is -2.18. The average molecular weight is 367 g/mol. The lowest BCUT2D eigenvalue weighted by molar-refractivity contribution is 0.318. The molecule has 5 heteroatoms. The normalized spacial score (nSPS) is 10.9. The molecule has 2 aromatic rings. The van der Waals surface area contributed by atoms with Crippen LogP contribution >= 0.6 is 28.1 Å². The maximum atomic E-state index is 13.6. The van der Waals surface area contributed by atoms with Crippen molar-refractivity contribution in [3.05, 3.63) is 69.4 Å². The lowest BCUT2D eigenvalue weighted by Crippen LogP contribution is -2.18. The van der Waals surface area contributed by atoms with Gasteiger partial charge in [0.05, 0.1) is 0 Å². The highest BCUT2D eigenvalue weighted by Crippen LogP contribution is 2.19. The van der Waals surface area contributed by atoms with Gasteiger partial charge in [0.25, 0.3) is 0 Å². The van der Waals surface area contributed by atoms with Crippen LogP contribution in [0, 0.1) is 5.82 Å². The standard InChI is InChI=1S/C16H16BrFN2S/c1-20(10-12-4-2-3-5-14(12)17)9-11-6-7-15(18)13(8-11)16(19)21/h2-8H,9-10H2,1H3,(H2,19,21). The SMILES string of the molecule is CN(Cc1ccc(F)c(C(N)=S)c1)Cc1ccccc1Br. The molecule has 0 saturated carbocycles. The zero-order valence-corrected chi connectivity index (χ0v) is 14.0. The fraction of sp³-hybridized carbons (Fsp3) is 0.188. The lowest BCUT2D eigenvalue weighted by atomic mass is 10.1. The van der Waals surface area contributed by atoms with Crippen molar-refractivity contribution >= 4 is 33.1 Å². The van der Waals surface area contributed by atoms with Gasteiger partial charge >= 0.3 is 0 Å². The van der Waals surface area contributed by atoms with Gasteiger partial charge in [-0.25, -0.2) is 4.39 Å². The molecule has 2 rings (SSSR count). The Morgan fingerprint density at radius 3 is 2.62 bits per heavy atom. The van der Waals surface area contributed by atoms with Crippen LogP contribution in [0.2, 0.25) is 0 Å². The van der Waals surface area contributed by atoms with Crippen molar-refractivity contribution in [2.75, 3.05) is 7.05 Å². The Bertz CT molecular complexity index is 660. The van der Waals surface area contributed by atoms with E-state index in [1.165, 1.54) is 11.6 Å². The Morgan fingerprint density at radius 2 is 1.95 bits per heavy atom. The third-order valence-corrected chi connectivity index (χ3v) is 4.14. The summed E-state index contributed by atoms with van der Waals surface area (Å²) in [5.41, 5.74) is 8.02. The number of hydrogen-bond acceptors (Lipinski definition) is 2. The van der Waals surface area contributed by atoms with Gasteiger partial charge < -0.3 is 5.73 Å². The van der Waals surface area contributed by atoms with Gasteiger partial charge in [-0.3, -0.25) is 4.90 Å². The minimum atomic E-state index is -0.375. The van der Waals surface area contributed by atoms with Crippen LogP contribution in [0.5, 0.6) is 0 Å². The van der Waals surface area contributed by atoms with Gasteiger partial charge in [-0.15, -0.1) is 0 Å². The Hall–Kier alpha value is -1.30. The molecule has 0 aliphatic carbocycles. The van der Waals surface area contributed by atoms with Crippen molar-refractivity contribution in [3.8, 4) is 0 Å². The van der Waals surface area contributed by atoms with E-state index < -0.39 is 0 Å². The first-order valence-corrected chi connectivity index (χ1v) is 7.67. The number of benzene rings is 2. The Balaban J connectivity index is 2.09. The van der Waals surface area contributed by atoms with E-state index in [4.69, 9.17) is 18.0 Å². The van der Waals surface area contributed by atoms with E-state index in [0.717, 1.165) is 16.6 Å². The molecule has 21 heavy (non-hydrogen) atoms. The first kappa shape index (κ1) is 16.1. The molecular weight excluding hydrogens is 351 g/mol. The molecule has 0 amide bonds. The number of rotatable bonds is 5. The molecule has 0 radical (unpaired) electrons. The Kier molecular flexibility index (Phi) is 5.45. The fourth-order valence-corrected chi connectivity index (χ4v) is 2.71. The Morgan fingerprint density at radius 1 is 1.24 bits per heavy atom. The third-order valence-electron chi connectivity index (χ3n) is 3.15. The molecule has 0 unspecified atom stereocenters. The van der Waals surface area contributed by atoms with Crippen molar-refractivity contribution in [1.29, 1.82) is 0 Å². The predicted molar refractivity (Wildman–Crippen MR) is 91.6 cm³/mol. The molecular formula is C16H16BrFN2S. The highest BCUT2D eigenvalue weighted by Gasteiger charge is 2.09. The number of halogens is 2. The van der Waals surface area contributed by atoms with E-state index in [9.17, 15) is 4.39 Å². The molecule has 0 aliphatic rings. The minimum Gasteiger partial charge on any atom is -0.389 e. The fourth-order valence-electron chi connectivity index (χ4n) is 2.14. The molecule has 0 aliphatic heterocycles. The van der Waals surface area contributed by atoms with Crippen LogP contribution in [0.25, 0.3) is 0 Å². The monoisotopic (exact) mass is 366 g/mol. The van der Waals surface area contributed by atoms with Gasteiger partial charge in [-0.05, 0) is 36.4 Å². The number of thiocarbonyl (C=S) groups is 1. The number of nitrogens with two attached hydrogens (primary N) is 1. The largest absolute Gasteiger partial charge is 0.389 e. The highest BCUT2D eigenvalue weighted by molar-refractivity contribution is 9.10. The molecule has 0 bridgehead atoms. The maximum Gasteiger partial charge on any atom is 0.133 e. The molecule has 2 nitrogen and oxygen atoms in total. The molecule has 0 heterocycles. The van der Waals surface area contributed by atoms with Crippen LogP contribution in [0.1, 0.15) is 16.7 Å². The first-order chi connectivity index (χ1) is 9.97. The van der Waals surface area contributed by atoms with Gasteiger partial charge in [0.15, 0.2) is 0 Å². The van der Waals surface area contributed by atoms with Crippen molar-refractivity contribution in [1.82, 2.24) is 4.90 Å². The van der Waals surface area contributed by atoms with Crippen molar-refractivity contribution < 1.29 is 4.39 Å². The second-order valence-corrected chi connectivity index (χ2v) is 6.24. The Labute approximate surface area is 137 Å². The van der Waals surface area contributed by atoms with Gasteiger partial charge in [-0.2, -0.15) is 0 Å². The van der Waals surface area contributed by atoms with Crippen LogP contribution in [-0.4, -0.2) is 16.9 Å². The molecule has 2 aromatic carbocycles. The summed E-state index contributed by atoms with van der Waals surface area (Å²) in [6.45, 7) is 1.48. The highest BCUT2D eigenvalue weighted by atomic mass is 79.9. The summed E-state index contributed by atoms with van der Waals surface area (Å²) in [6, 6.07) is 13.0. The van der Waals surface area contributed by atoms with Crippen LogP contribution in [0.4, 0.5) is 4.39 Å². The molecule has 0 saturated heterocycles. The molecule has 0 spiro atoms. The van der Waals surface area contributed by atoms with Gasteiger partial charge in [0, 0.05) is 23.1 Å². The topological polar surface area (TPSA) is 29.3 Å². The summed E-state index contributed by atoms with van der Waals surface area (Å²) in [7, 11) is 2.02. The van der Waals surface area contributed by atoms with Crippen molar-refractivity contribution in [3.63, 3.8) is 0 Å². The van der Waals surface area contributed by atoms with Crippen LogP contribution < -0.4 is 5.73 Å². The van der Waals surface area contributed by atoms with E-state index in [0.29, 0.717) is 12.1 Å². The van der Waals surface area contributed by atoms with Crippen LogP contribution in [-0.2, 0) is 13.1 Å². The van der Waals surface area contributed by atoms with E-state index >= 15 is 0 Å². The van der Waals surface area contributed by atoms with Gasteiger partial charge in [-0.1, -0.05) is 52.4 Å². The maximum absolute atomic E-state index is 13.6. The summed E-state index contributed by atoms with van der Waals surface area (Å²) < 4.78 is 14.7. The number of nitrogens with zero attached hydrogens (tertiary/aromatic N) is 1. The minimum absolute atomic E-state index is 0.0859. The average Bonchev–Trinajstić information content (AvgIpc) is 2.43. The molecule has 0 fully saturated rings. The van der Waals surface area contributed by atoms with Crippen LogP contribution in [0.15, 0.2) is 46.9 Å². The third kappa shape index (κ3) is 4.33. The quantitative estimate of drug-likeness (QED) is 0.814. The molecule has 0 atom stereocenters. The summed E-state index contributed by atoms with van der Waals surface area (Å²) in [6.07, 6.45) is 0. The summed E-state index contributed by atoms with van der Waals surface area (Å²) in [5.74, 6) is -0.375. The molecule has 0 aromatic heterocycles. The summed E-state index contributed by atoms with van der Waals surface area (Å²) >= 11 is 8.40. The summed E-state index contributed by atoms with van der Waals surface area (Å²) in [5, 5.41) is 0. The second-order valence-electron chi connectivity index (χ2n) is 4.94. The molecule has 2 N–H and O–H groups in total. The van der Waals surface area contributed by atoms with E-state index in [2.05, 4.69) is 26.9 Å². The summed E-state index contributed by atoms with van der Waals surface area (Å²) in [4.78, 5) is 2.24. The van der Waals surface area contributed by atoms with Crippen molar-refractivity contribution in [2.45, 2.75) is 13.1 Å². The van der Waals surface area contributed by atoms with Crippen molar-refractivity contribution in [2.24, 2.45) is 5.73 Å². The van der Waals surface area contributed by atoms with E-state index in [1.807, 2.05) is 25.2 Å². The second kappa shape index (κ2) is 7.11. The van der Waals surface area contributed by atoms with E-state index in [-0.39, 0.29) is 10.8 Å². The van der Waals surface area contributed by atoms with E-state index in [1.54, 1.807) is 12.1 Å². The smallest absolute Gasteiger partial charge is 0.133 e. The first-order valence-electron chi connectivity index (χ1n) is 6.47. The zero-order valence-electron chi connectivity index (χ0n) is 11.6. The van der Waals surface area contributed by atoms with Crippen LogP contribution in [0.3, 0.4) is 0 Å².